The van der Waals surface area contributed by atoms with E-state index >= 15 is 0 Å². The summed E-state index contributed by atoms with van der Waals surface area (Å²) in [5, 5.41) is 7.48. The lowest BCUT2D eigenvalue weighted by Gasteiger charge is -2.13. The molecule has 0 saturated heterocycles. The number of rotatable bonds is 6. The highest BCUT2D eigenvalue weighted by Gasteiger charge is 2.19. The zero-order chi connectivity index (χ0) is 41.4. The van der Waals surface area contributed by atoms with Gasteiger partial charge in [-0.3, -0.25) is 0 Å². The van der Waals surface area contributed by atoms with Crippen LogP contribution in [0.4, 0.5) is 0 Å². The summed E-state index contributed by atoms with van der Waals surface area (Å²) < 4.78 is 7.46. The Kier molecular flexibility index (Phi) is 8.22. The highest BCUT2D eigenvalue weighted by atomic mass is 32.1. The molecule has 63 heavy (non-hydrogen) atoms. The van der Waals surface area contributed by atoms with E-state index in [2.05, 4.69) is 193 Å². The van der Waals surface area contributed by atoms with Crippen molar-refractivity contribution in [3.05, 3.63) is 206 Å². The SMILES string of the molecule is c1ccc(-c2nc(-c3cc(-c4ccc5c(c4)sc4ccccc45)cc(-c4ccc5c(c4)sc4ccccc45)c3)nc(-c3ccc4c(c3)c3ccccc3n4-c3ccccc3)n2)cc1. The summed E-state index contributed by atoms with van der Waals surface area (Å²) >= 11 is 3.68. The number of aromatic nitrogens is 4. The quantitative estimate of drug-likeness (QED) is 0.168. The Labute approximate surface area is 370 Å². The second-order valence-electron chi connectivity index (χ2n) is 16.0. The summed E-state index contributed by atoms with van der Waals surface area (Å²) in [5.41, 5.74) is 10.7. The minimum Gasteiger partial charge on any atom is -0.309 e. The molecule has 0 aliphatic rings. The zero-order valence-electron chi connectivity index (χ0n) is 33.7. The Hall–Kier alpha value is -7.77. The zero-order valence-corrected chi connectivity index (χ0v) is 35.4. The van der Waals surface area contributed by atoms with Crippen LogP contribution in [0.25, 0.3) is 124 Å². The summed E-state index contributed by atoms with van der Waals surface area (Å²) in [6.45, 7) is 0. The van der Waals surface area contributed by atoms with Gasteiger partial charge in [0, 0.05) is 73.5 Å². The van der Waals surface area contributed by atoms with Crippen molar-refractivity contribution in [3.8, 4) is 62.1 Å². The van der Waals surface area contributed by atoms with Gasteiger partial charge in [0.05, 0.1) is 11.0 Å². The predicted molar refractivity (Wildman–Crippen MR) is 267 cm³/mol. The van der Waals surface area contributed by atoms with Crippen LogP contribution in [-0.2, 0) is 0 Å². The molecule has 4 heterocycles. The fourth-order valence-electron chi connectivity index (χ4n) is 9.22. The molecule has 0 unspecified atom stereocenters. The van der Waals surface area contributed by atoms with Gasteiger partial charge in [-0.05, 0) is 101 Å². The molecule has 9 aromatic carbocycles. The number of nitrogens with zero attached hydrogens (tertiary/aromatic N) is 4. The van der Waals surface area contributed by atoms with Crippen molar-refractivity contribution in [1.82, 2.24) is 19.5 Å². The monoisotopic (exact) mass is 838 g/mol. The molecule has 0 amide bonds. The lowest BCUT2D eigenvalue weighted by molar-refractivity contribution is 1.07. The van der Waals surface area contributed by atoms with E-state index in [4.69, 9.17) is 15.0 Å². The van der Waals surface area contributed by atoms with E-state index in [1.807, 2.05) is 40.9 Å². The maximum Gasteiger partial charge on any atom is 0.164 e. The van der Waals surface area contributed by atoms with Gasteiger partial charge < -0.3 is 4.57 Å². The van der Waals surface area contributed by atoms with Crippen molar-refractivity contribution in [3.63, 3.8) is 0 Å². The predicted octanol–water partition coefficient (Wildman–Crippen LogP) is 16.0. The summed E-state index contributed by atoms with van der Waals surface area (Å²) in [4.78, 5) is 15.8. The molecule has 4 aromatic heterocycles. The molecule has 294 valence electrons. The van der Waals surface area contributed by atoms with Gasteiger partial charge >= 0.3 is 0 Å². The molecule has 0 bridgehead atoms. The minimum atomic E-state index is 0.625. The van der Waals surface area contributed by atoms with Crippen molar-refractivity contribution in [1.29, 1.82) is 0 Å². The van der Waals surface area contributed by atoms with E-state index in [-0.39, 0.29) is 0 Å². The van der Waals surface area contributed by atoms with Gasteiger partial charge in [-0.25, -0.2) is 15.0 Å². The fourth-order valence-corrected chi connectivity index (χ4v) is 11.5. The smallest absolute Gasteiger partial charge is 0.164 e. The molecule has 0 N–H and O–H groups in total. The highest BCUT2D eigenvalue weighted by molar-refractivity contribution is 7.26. The summed E-state index contributed by atoms with van der Waals surface area (Å²) in [6, 6.07) is 73.9. The summed E-state index contributed by atoms with van der Waals surface area (Å²) in [6.07, 6.45) is 0. The van der Waals surface area contributed by atoms with E-state index in [1.54, 1.807) is 0 Å². The van der Waals surface area contributed by atoms with E-state index in [1.165, 1.54) is 45.7 Å². The van der Waals surface area contributed by atoms with Gasteiger partial charge in [0.15, 0.2) is 17.5 Å². The average Bonchev–Trinajstić information content (AvgIpc) is 4.03. The van der Waals surface area contributed by atoms with Crippen LogP contribution in [0.1, 0.15) is 0 Å². The van der Waals surface area contributed by atoms with E-state index in [9.17, 15) is 0 Å². The third-order valence-electron chi connectivity index (χ3n) is 12.2. The van der Waals surface area contributed by atoms with Crippen molar-refractivity contribution in [2.45, 2.75) is 0 Å². The second-order valence-corrected chi connectivity index (χ2v) is 18.2. The Bertz CT molecular complexity index is 3790. The molecule has 0 aliphatic carbocycles. The molecule has 0 saturated carbocycles. The van der Waals surface area contributed by atoms with Crippen LogP contribution < -0.4 is 0 Å². The third-order valence-corrected chi connectivity index (χ3v) is 14.5. The van der Waals surface area contributed by atoms with Crippen molar-refractivity contribution in [2.75, 3.05) is 0 Å². The average molecular weight is 839 g/mol. The molecule has 0 fully saturated rings. The first-order valence-electron chi connectivity index (χ1n) is 21.1. The van der Waals surface area contributed by atoms with Gasteiger partial charge in [0.2, 0.25) is 0 Å². The number of hydrogen-bond donors (Lipinski definition) is 0. The number of para-hydroxylation sites is 2. The van der Waals surface area contributed by atoms with Crippen LogP contribution >= 0.6 is 22.7 Å². The maximum atomic E-state index is 5.35. The number of hydrogen-bond acceptors (Lipinski definition) is 5. The summed E-state index contributed by atoms with van der Waals surface area (Å²) in [7, 11) is 0. The molecule has 0 radical (unpaired) electrons. The van der Waals surface area contributed by atoms with Gasteiger partial charge in [0.25, 0.3) is 0 Å². The molecule has 13 rings (SSSR count). The molecule has 6 heteroatoms. The topological polar surface area (TPSA) is 43.6 Å². The number of benzene rings is 9. The van der Waals surface area contributed by atoms with Gasteiger partial charge in [-0.2, -0.15) is 0 Å². The first kappa shape index (κ1) is 35.9. The van der Waals surface area contributed by atoms with Gasteiger partial charge in [-0.1, -0.05) is 127 Å². The third kappa shape index (κ3) is 6.06. The van der Waals surface area contributed by atoms with Crippen molar-refractivity contribution < 1.29 is 0 Å². The summed E-state index contributed by atoms with van der Waals surface area (Å²) in [5.74, 6) is 1.88. The Morgan fingerprint density at radius 2 is 0.730 bits per heavy atom. The normalized spacial score (nSPS) is 11.8. The van der Waals surface area contributed by atoms with Crippen LogP contribution in [0.15, 0.2) is 206 Å². The molecule has 0 aliphatic heterocycles. The first-order chi connectivity index (χ1) is 31.2. The van der Waals surface area contributed by atoms with Crippen LogP contribution in [0.3, 0.4) is 0 Å². The number of fused-ring (bicyclic) bond motifs is 9. The Morgan fingerprint density at radius 1 is 0.270 bits per heavy atom. The Morgan fingerprint density at radius 3 is 1.37 bits per heavy atom. The molecule has 4 nitrogen and oxygen atoms in total. The lowest BCUT2D eigenvalue weighted by atomic mass is 9.95. The van der Waals surface area contributed by atoms with Crippen LogP contribution in [0, 0.1) is 0 Å². The van der Waals surface area contributed by atoms with Gasteiger partial charge in [-0.15, -0.1) is 22.7 Å². The largest absolute Gasteiger partial charge is 0.309 e. The molecule has 13 aromatic rings. The molecular formula is C57H34N4S2. The highest BCUT2D eigenvalue weighted by Crippen LogP contribution is 2.41. The Balaban J connectivity index is 1.02. The van der Waals surface area contributed by atoms with Crippen LogP contribution in [-0.4, -0.2) is 19.5 Å². The number of thiophene rings is 2. The van der Waals surface area contributed by atoms with Crippen molar-refractivity contribution >= 4 is 84.8 Å². The van der Waals surface area contributed by atoms with Crippen LogP contribution in [0.5, 0.6) is 0 Å². The van der Waals surface area contributed by atoms with E-state index < -0.39 is 0 Å². The minimum absolute atomic E-state index is 0.625. The lowest BCUT2D eigenvalue weighted by Crippen LogP contribution is -2.00. The first-order valence-corrected chi connectivity index (χ1v) is 22.7. The van der Waals surface area contributed by atoms with Crippen LogP contribution in [0.2, 0.25) is 0 Å². The standard InChI is InChI=1S/C57H34N4S2/c1-3-13-35(14-4-1)55-58-56(38-25-28-50-48(32-38)43-17-7-10-20-49(43)61(50)42-15-5-2-6-16-42)60-57(59-55)41-30-39(36-23-26-46-44-18-8-11-21-51(44)62-53(46)33-36)29-40(31-41)37-24-27-47-45-19-9-12-22-52(45)63-54(47)34-37/h1-34H. The molecule has 0 spiro atoms. The van der Waals surface area contributed by atoms with Crippen molar-refractivity contribution in [2.24, 2.45) is 0 Å². The van der Waals surface area contributed by atoms with E-state index in [0.29, 0.717) is 17.5 Å². The fraction of sp³-hybridized carbons (Fsp3) is 0. The van der Waals surface area contributed by atoms with E-state index in [0.717, 1.165) is 61.1 Å². The molecule has 0 atom stereocenters. The molecular weight excluding hydrogens is 805 g/mol. The maximum absolute atomic E-state index is 5.35. The second kappa shape index (κ2) is 14.4. The van der Waals surface area contributed by atoms with Gasteiger partial charge in [0.1, 0.15) is 0 Å².